The molecule has 1 saturated carbocycles. The summed E-state index contributed by atoms with van der Waals surface area (Å²) in [7, 11) is 0. The van der Waals surface area contributed by atoms with Gasteiger partial charge in [-0.3, -0.25) is 9.59 Å². The fourth-order valence-corrected chi connectivity index (χ4v) is 6.90. The van der Waals surface area contributed by atoms with Crippen LogP contribution in [0.4, 0.5) is 0 Å². The lowest BCUT2D eigenvalue weighted by Gasteiger charge is -2.46. The van der Waals surface area contributed by atoms with Crippen LogP contribution >= 0.6 is 11.3 Å². The molecule has 2 aromatic heterocycles. The highest BCUT2D eigenvalue weighted by Gasteiger charge is 2.48. The van der Waals surface area contributed by atoms with Gasteiger partial charge in [-0.2, -0.15) is 0 Å². The number of fused-ring (bicyclic) bond motifs is 3. The molecule has 2 amide bonds. The van der Waals surface area contributed by atoms with Crippen LogP contribution in [0.15, 0.2) is 54.5 Å². The Balaban J connectivity index is 1.38. The van der Waals surface area contributed by atoms with Gasteiger partial charge >= 0.3 is 0 Å². The number of allylic oxidation sites excluding steroid dienone is 3. The topological polar surface area (TPSA) is 89.6 Å². The van der Waals surface area contributed by atoms with Crippen molar-refractivity contribution >= 4 is 33.4 Å². The first kappa shape index (κ1) is 25.9. The molecule has 0 aromatic carbocycles. The first-order chi connectivity index (χ1) is 17.9. The summed E-state index contributed by atoms with van der Waals surface area (Å²) in [5.41, 5.74) is 7.77. The van der Waals surface area contributed by atoms with E-state index >= 15 is 0 Å². The van der Waals surface area contributed by atoms with Gasteiger partial charge in [-0.1, -0.05) is 24.6 Å². The molecule has 2 aliphatic carbocycles. The summed E-state index contributed by atoms with van der Waals surface area (Å²) < 4.78 is 8.84. The summed E-state index contributed by atoms with van der Waals surface area (Å²) in [5, 5.41) is 5.40. The molecule has 1 aliphatic heterocycles. The van der Waals surface area contributed by atoms with Gasteiger partial charge in [0.25, 0.3) is 5.91 Å². The van der Waals surface area contributed by atoms with Crippen LogP contribution in [0.3, 0.4) is 0 Å². The molecule has 37 heavy (non-hydrogen) atoms. The fraction of sp³-hybridized carbons (Fsp3) is 0.517. The third-order valence-electron chi connectivity index (χ3n) is 8.34. The van der Waals surface area contributed by atoms with Crippen molar-refractivity contribution in [3.05, 3.63) is 60.2 Å². The zero-order valence-corrected chi connectivity index (χ0v) is 22.5. The van der Waals surface area contributed by atoms with Gasteiger partial charge in [0.1, 0.15) is 17.5 Å². The molecule has 0 spiro atoms. The number of nitrogens with zero attached hydrogens (tertiary/aromatic N) is 2. The molecule has 3 N–H and O–H groups in total. The molecule has 7 nitrogen and oxygen atoms in total. The lowest BCUT2D eigenvalue weighted by molar-refractivity contribution is -0.134. The van der Waals surface area contributed by atoms with Crippen molar-refractivity contribution in [3.8, 4) is 0 Å². The molecule has 0 radical (unpaired) electrons. The third kappa shape index (κ3) is 4.94. The zero-order valence-electron chi connectivity index (χ0n) is 21.7. The van der Waals surface area contributed by atoms with Crippen LogP contribution in [-0.2, 0) is 16.1 Å². The summed E-state index contributed by atoms with van der Waals surface area (Å²) in [6.45, 7) is 11.2. The van der Waals surface area contributed by atoms with Gasteiger partial charge in [-0.05, 0) is 73.9 Å². The smallest absolute Gasteiger partial charge is 0.271 e. The van der Waals surface area contributed by atoms with E-state index in [4.69, 9.17) is 10.5 Å². The number of hydrogen-bond donors (Lipinski definition) is 2. The van der Waals surface area contributed by atoms with Gasteiger partial charge in [0.15, 0.2) is 0 Å². The number of carbonyl (C=O) groups is 2. The van der Waals surface area contributed by atoms with E-state index in [0.717, 1.165) is 47.9 Å². The molecule has 2 aromatic rings. The second kappa shape index (κ2) is 10.6. The maximum atomic E-state index is 14.1. The minimum absolute atomic E-state index is 0.0244. The van der Waals surface area contributed by atoms with E-state index in [1.54, 1.807) is 16.2 Å². The number of ether oxygens (including phenoxy) is 1. The monoisotopic (exact) mass is 522 g/mol. The minimum atomic E-state index is -1.03. The van der Waals surface area contributed by atoms with Gasteiger partial charge in [0.2, 0.25) is 5.91 Å². The summed E-state index contributed by atoms with van der Waals surface area (Å²) in [4.78, 5) is 29.7. The fourth-order valence-electron chi connectivity index (χ4n) is 6.08. The van der Waals surface area contributed by atoms with E-state index in [0.29, 0.717) is 37.7 Å². The molecule has 3 aliphatic rings. The summed E-state index contributed by atoms with van der Waals surface area (Å²) >= 11 is 1.61. The maximum Gasteiger partial charge on any atom is 0.271 e. The van der Waals surface area contributed by atoms with Crippen LogP contribution < -0.4 is 11.1 Å². The molecular weight excluding hydrogens is 484 g/mol. The van der Waals surface area contributed by atoms with E-state index in [2.05, 4.69) is 24.6 Å². The Morgan fingerprint density at radius 1 is 1.41 bits per heavy atom. The first-order valence-corrected chi connectivity index (χ1v) is 14.2. The molecule has 3 heterocycles. The molecule has 0 saturated heterocycles. The number of amides is 2. The highest BCUT2D eigenvalue weighted by Crippen LogP contribution is 2.37. The third-order valence-corrected chi connectivity index (χ3v) is 9.20. The predicted octanol–water partition coefficient (Wildman–Crippen LogP) is 4.60. The Morgan fingerprint density at radius 3 is 2.95 bits per heavy atom. The van der Waals surface area contributed by atoms with Crippen molar-refractivity contribution < 1.29 is 14.3 Å². The second-order valence-corrected chi connectivity index (χ2v) is 11.7. The number of nitrogens with two attached hydrogens (primary N) is 1. The molecule has 5 rings (SSSR count). The van der Waals surface area contributed by atoms with Gasteiger partial charge in [-0.25, -0.2) is 0 Å². The van der Waals surface area contributed by atoms with Crippen LogP contribution in [0.2, 0.25) is 0 Å². The Labute approximate surface area is 223 Å². The van der Waals surface area contributed by atoms with Gasteiger partial charge in [-0.15, -0.1) is 24.5 Å². The van der Waals surface area contributed by atoms with Crippen molar-refractivity contribution in [2.75, 3.05) is 13.2 Å². The van der Waals surface area contributed by atoms with Crippen LogP contribution in [0.5, 0.6) is 0 Å². The summed E-state index contributed by atoms with van der Waals surface area (Å²) in [5.74, 6) is 0.393. The van der Waals surface area contributed by atoms with E-state index in [1.165, 1.54) is 0 Å². The van der Waals surface area contributed by atoms with E-state index in [1.807, 2.05) is 41.2 Å². The normalized spacial score (nSPS) is 27.9. The van der Waals surface area contributed by atoms with Crippen molar-refractivity contribution in [1.82, 2.24) is 14.8 Å². The molecule has 0 bridgehead atoms. The largest absolute Gasteiger partial charge is 0.360 e. The highest BCUT2D eigenvalue weighted by molar-refractivity contribution is 7.17. The van der Waals surface area contributed by atoms with E-state index in [9.17, 15) is 9.59 Å². The Hall–Kier alpha value is -2.68. The van der Waals surface area contributed by atoms with Crippen LogP contribution in [0.1, 0.15) is 55.9 Å². The maximum absolute atomic E-state index is 14.1. The quantitative estimate of drug-likeness (QED) is 0.256. The number of carbonyl (C=O) groups excluding carboxylic acids is 2. The van der Waals surface area contributed by atoms with E-state index < -0.39 is 5.54 Å². The van der Waals surface area contributed by atoms with Gasteiger partial charge in [0.05, 0.1) is 23.4 Å². The van der Waals surface area contributed by atoms with Crippen LogP contribution in [-0.4, -0.2) is 52.2 Å². The molecule has 5 unspecified atom stereocenters. The minimum Gasteiger partial charge on any atom is -0.360 e. The first-order valence-electron chi connectivity index (χ1n) is 13.4. The molecular formula is C29H38N4O3S. The SMILES string of the molecule is C=CCC1C(C=C)CCCC1NC(=O)C1(C)Cn2c(cc3sccc32)C(=O)N1CCCOC(N)C1=CC1. The Morgan fingerprint density at radius 2 is 2.22 bits per heavy atom. The summed E-state index contributed by atoms with van der Waals surface area (Å²) in [6, 6.07) is 4.01. The number of nitrogens with one attached hydrogen (secondary N) is 1. The zero-order chi connectivity index (χ0) is 26.2. The number of hydrogen-bond acceptors (Lipinski definition) is 5. The lowest BCUT2D eigenvalue weighted by atomic mass is 9.74. The number of rotatable bonds is 11. The average molecular weight is 523 g/mol. The number of aromatic nitrogens is 1. The second-order valence-electron chi connectivity index (χ2n) is 10.7. The molecule has 8 heteroatoms. The summed E-state index contributed by atoms with van der Waals surface area (Å²) in [6.07, 6.45) is 11.0. The highest BCUT2D eigenvalue weighted by atomic mass is 32.1. The van der Waals surface area contributed by atoms with Crippen LogP contribution in [0, 0.1) is 11.8 Å². The lowest BCUT2D eigenvalue weighted by Crippen LogP contribution is -2.65. The Kier molecular flexibility index (Phi) is 7.43. The molecule has 198 valence electrons. The molecule has 5 atom stereocenters. The Bertz CT molecular complexity index is 1230. The van der Waals surface area contributed by atoms with Crippen molar-refractivity contribution in [2.45, 2.75) is 69.8 Å². The van der Waals surface area contributed by atoms with Crippen LogP contribution in [0.25, 0.3) is 10.2 Å². The van der Waals surface area contributed by atoms with Crippen molar-refractivity contribution in [1.29, 1.82) is 0 Å². The number of thiophene rings is 1. The van der Waals surface area contributed by atoms with Crippen molar-refractivity contribution in [2.24, 2.45) is 17.6 Å². The predicted molar refractivity (Wildman–Crippen MR) is 148 cm³/mol. The average Bonchev–Trinajstić information content (AvgIpc) is 3.54. The van der Waals surface area contributed by atoms with E-state index in [-0.39, 0.29) is 30.0 Å². The standard InChI is InChI=1S/C29H38N4O3S/c1-4-8-21-19(5-2)9-6-10-22(21)31-28(35)29(3)18-32-23-13-16-37-25(23)17-24(32)27(34)33(29)14-7-15-36-26(30)20-11-12-20/h4-5,11,13,16-17,19,21-22,26H,1-2,6-10,12,14-15,18,30H2,3H3,(H,31,35). The van der Waals surface area contributed by atoms with Crippen molar-refractivity contribution in [3.63, 3.8) is 0 Å². The molecule has 1 fully saturated rings. The van der Waals surface area contributed by atoms with Gasteiger partial charge < -0.3 is 25.3 Å². The van der Waals surface area contributed by atoms with Gasteiger partial charge in [0, 0.05) is 12.6 Å².